The lowest BCUT2D eigenvalue weighted by Gasteiger charge is -2.33. The van der Waals surface area contributed by atoms with Crippen molar-refractivity contribution in [3.8, 4) is 0 Å². The molecule has 0 bridgehead atoms. The van der Waals surface area contributed by atoms with Crippen LogP contribution in [0.1, 0.15) is 53.9 Å². The summed E-state index contributed by atoms with van der Waals surface area (Å²) in [4.78, 5) is 13.8. The molecule has 98 valence electrons. The molecule has 1 amide bonds. The van der Waals surface area contributed by atoms with Crippen molar-refractivity contribution in [2.75, 3.05) is 13.1 Å². The zero-order chi connectivity index (χ0) is 13.1. The van der Waals surface area contributed by atoms with Crippen molar-refractivity contribution in [2.24, 2.45) is 0 Å². The van der Waals surface area contributed by atoms with Gasteiger partial charge in [0.15, 0.2) is 0 Å². The summed E-state index contributed by atoms with van der Waals surface area (Å²) in [5, 5.41) is 0. The highest BCUT2D eigenvalue weighted by Gasteiger charge is 2.28. The Labute approximate surface area is 105 Å². The minimum absolute atomic E-state index is 0.171. The van der Waals surface area contributed by atoms with E-state index in [2.05, 4.69) is 0 Å². The summed E-state index contributed by atoms with van der Waals surface area (Å²) >= 11 is 0. The second kappa shape index (κ2) is 5.56. The van der Waals surface area contributed by atoms with Gasteiger partial charge in [-0.15, -0.1) is 0 Å². The van der Waals surface area contributed by atoms with Crippen LogP contribution < -0.4 is 0 Å². The molecule has 0 aromatic rings. The number of rotatable bonds is 2. The van der Waals surface area contributed by atoms with Crippen LogP contribution in [-0.4, -0.2) is 29.7 Å². The molecule has 0 radical (unpaired) electrons. The van der Waals surface area contributed by atoms with E-state index in [1.807, 2.05) is 39.5 Å². The number of carbonyl (C=O) groups excluding carboxylic acids is 1. The van der Waals surface area contributed by atoms with E-state index >= 15 is 0 Å². The van der Waals surface area contributed by atoms with Crippen molar-refractivity contribution in [3.63, 3.8) is 0 Å². The Morgan fingerprint density at radius 2 is 1.59 bits per heavy atom. The first-order chi connectivity index (χ1) is 7.84. The minimum Gasteiger partial charge on any atom is -0.439 e. The van der Waals surface area contributed by atoms with Crippen LogP contribution in [0.4, 0.5) is 4.79 Å². The standard InChI is InChI=1S/C14H25NO2/c1-11(2)12(3)14(4,5)17-13(16)15-9-7-6-8-10-15/h6-10H2,1-5H3. The van der Waals surface area contributed by atoms with E-state index in [0.29, 0.717) is 0 Å². The molecule has 3 heteroatoms. The van der Waals surface area contributed by atoms with Crippen LogP contribution in [0.5, 0.6) is 0 Å². The maximum atomic E-state index is 12.0. The topological polar surface area (TPSA) is 29.5 Å². The van der Waals surface area contributed by atoms with Gasteiger partial charge in [-0.1, -0.05) is 5.57 Å². The molecule has 0 aromatic heterocycles. The van der Waals surface area contributed by atoms with Gasteiger partial charge in [-0.25, -0.2) is 4.79 Å². The first-order valence-electron chi connectivity index (χ1n) is 6.47. The van der Waals surface area contributed by atoms with Crippen LogP contribution in [-0.2, 0) is 4.74 Å². The molecule has 0 aliphatic carbocycles. The van der Waals surface area contributed by atoms with Crippen LogP contribution in [0.2, 0.25) is 0 Å². The smallest absolute Gasteiger partial charge is 0.410 e. The SMILES string of the molecule is CC(C)=C(C)C(C)(C)OC(=O)N1CCCCC1. The lowest BCUT2D eigenvalue weighted by atomic mass is 9.95. The Kier molecular flexibility index (Phi) is 4.61. The number of amides is 1. The molecule has 0 aromatic carbocycles. The molecule has 0 saturated carbocycles. The predicted molar refractivity (Wildman–Crippen MR) is 70.0 cm³/mol. The molecule has 0 spiro atoms. The van der Waals surface area contributed by atoms with E-state index in [-0.39, 0.29) is 6.09 Å². The predicted octanol–water partition coefficient (Wildman–Crippen LogP) is 3.74. The summed E-state index contributed by atoms with van der Waals surface area (Å²) in [6, 6.07) is 0. The number of nitrogens with zero attached hydrogens (tertiary/aromatic N) is 1. The van der Waals surface area contributed by atoms with Crippen molar-refractivity contribution >= 4 is 6.09 Å². The van der Waals surface area contributed by atoms with Gasteiger partial charge in [-0.3, -0.25) is 0 Å². The van der Waals surface area contributed by atoms with Crippen LogP contribution in [0.3, 0.4) is 0 Å². The number of allylic oxidation sites excluding steroid dienone is 1. The van der Waals surface area contributed by atoms with Crippen molar-refractivity contribution in [3.05, 3.63) is 11.1 Å². The molecule has 17 heavy (non-hydrogen) atoms. The molecule has 0 unspecified atom stereocenters. The Hall–Kier alpha value is -0.990. The second-order valence-electron chi connectivity index (χ2n) is 5.55. The fourth-order valence-electron chi connectivity index (χ4n) is 2.04. The summed E-state index contributed by atoms with van der Waals surface area (Å²) < 4.78 is 5.63. The van der Waals surface area contributed by atoms with Crippen LogP contribution in [0.15, 0.2) is 11.1 Å². The van der Waals surface area contributed by atoms with Crippen molar-refractivity contribution < 1.29 is 9.53 Å². The number of piperidine rings is 1. The molecular formula is C14H25NO2. The second-order valence-corrected chi connectivity index (χ2v) is 5.55. The third kappa shape index (κ3) is 3.76. The van der Waals surface area contributed by atoms with E-state index in [9.17, 15) is 4.79 Å². The third-order valence-electron chi connectivity index (χ3n) is 3.61. The Bertz CT molecular complexity index is 308. The summed E-state index contributed by atoms with van der Waals surface area (Å²) in [6.45, 7) is 11.7. The van der Waals surface area contributed by atoms with Gasteiger partial charge in [-0.2, -0.15) is 0 Å². The summed E-state index contributed by atoms with van der Waals surface area (Å²) in [7, 11) is 0. The quantitative estimate of drug-likeness (QED) is 0.687. The molecule has 3 nitrogen and oxygen atoms in total. The Morgan fingerprint density at radius 3 is 2.06 bits per heavy atom. The zero-order valence-electron chi connectivity index (χ0n) is 11.8. The molecule has 0 atom stereocenters. The molecule has 1 aliphatic heterocycles. The van der Waals surface area contributed by atoms with E-state index in [1.165, 1.54) is 12.0 Å². The van der Waals surface area contributed by atoms with Gasteiger partial charge < -0.3 is 9.64 Å². The summed E-state index contributed by atoms with van der Waals surface area (Å²) in [5.74, 6) is 0. The molecular weight excluding hydrogens is 214 g/mol. The van der Waals surface area contributed by atoms with E-state index < -0.39 is 5.60 Å². The molecule has 1 aliphatic rings. The molecule has 1 heterocycles. The van der Waals surface area contributed by atoms with Crippen LogP contribution in [0.25, 0.3) is 0 Å². The third-order valence-corrected chi connectivity index (χ3v) is 3.61. The average molecular weight is 239 g/mol. The highest BCUT2D eigenvalue weighted by molar-refractivity contribution is 5.68. The number of carbonyl (C=O) groups is 1. The van der Waals surface area contributed by atoms with E-state index in [0.717, 1.165) is 31.5 Å². The fourth-order valence-corrected chi connectivity index (χ4v) is 2.04. The van der Waals surface area contributed by atoms with Gasteiger partial charge in [0.2, 0.25) is 0 Å². The Balaban J connectivity index is 2.63. The van der Waals surface area contributed by atoms with Crippen molar-refractivity contribution in [1.29, 1.82) is 0 Å². The molecule has 1 rings (SSSR count). The zero-order valence-corrected chi connectivity index (χ0v) is 11.8. The van der Waals surface area contributed by atoms with Gasteiger partial charge in [0.05, 0.1) is 0 Å². The lowest BCUT2D eigenvalue weighted by molar-refractivity contribution is 0.0305. The first kappa shape index (κ1) is 14.1. The van der Waals surface area contributed by atoms with Gasteiger partial charge >= 0.3 is 6.09 Å². The van der Waals surface area contributed by atoms with Crippen molar-refractivity contribution in [1.82, 2.24) is 4.90 Å². The number of hydrogen-bond donors (Lipinski definition) is 0. The maximum absolute atomic E-state index is 12.0. The summed E-state index contributed by atoms with van der Waals surface area (Å²) in [5.41, 5.74) is 1.83. The maximum Gasteiger partial charge on any atom is 0.410 e. The monoisotopic (exact) mass is 239 g/mol. The van der Waals surface area contributed by atoms with Gasteiger partial charge in [0, 0.05) is 13.1 Å². The highest BCUT2D eigenvalue weighted by atomic mass is 16.6. The minimum atomic E-state index is -0.507. The highest BCUT2D eigenvalue weighted by Crippen LogP contribution is 2.25. The van der Waals surface area contributed by atoms with Gasteiger partial charge in [0.1, 0.15) is 5.60 Å². The van der Waals surface area contributed by atoms with Crippen LogP contribution in [0, 0.1) is 0 Å². The van der Waals surface area contributed by atoms with Crippen molar-refractivity contribution in [2.45, 2.75) is 59.5 Å². The average Bonchev–Trinajstić information content (AvgIpc) is 2.28. The molecule has 1 fully saturated rings. The van der Waals surface area contributed by atoms with Gasteiger partial charge in [0.25, 0.3) is 0 Å². The van der Waals surface area contributed by atoms with Gasteiger partial charge in [-0.05, 0) is 59.5 Å². The Morgan fingerprint density at radius 1 is 1.06 bits per heavy atom. The summed E-state index contributed by atoms with van der Waals surface area (Å²) in [6.07, 6.45) is 3.24. The first-order valence-corrected chi connectivity index (χ1v) is 6.47. The number of ether oxygens (including phenoxy) is 1. The normalized spacial score (nSPS) is 16.6. The van der Waals surface area contributed by atoms with E-state index in [4.69, 9.17) is 4.74 Å². The largest absolute Gasteiger partial charge is 0.439 e. The van der Waals surface area contributed by atoms with E-state index in [1.54, 1.807) is 0 Å². The fraction of sp³-hybridized carbons (Fsp3) is 0.786. The molecule has 1 saturated heterocycles. The number of likely N-dealkylation sites (tertiary alicyclic amines) is 1. The van der Waals surface area contributed by atoms with Crippen LogP contribution >= 0.6 is 0 Å². The number of hydrogen-bond acceptors (Lipinski definition) is 2. The molecule has 0 N–H and O–H groups in total. The lowest BCUT2D eigenvalue weighted by Crippen LogP contribution is -2.41.